The van der Waals surface area contributed by atoms with Gasteiger partial charge in [0, 0.05) is 6.04 Å². The number of primary sulfonamides is 1. The SMILES string of the molecule is CCC[C@@H](C)NC(=O)COC(=O)c1cc(S(N)(=O)=O)ccc1OC. The van der Waals surface area contributed by atoms with E-state index in [1.54, 1.807) is 0 Å². The van der Waals surface area contributed by atoms with Crippen molar-refractivity contribution in [1.82, 2.24) is 5.32 Å². The summed E-state index contributed by atoms with van der Waals surface area (Å²) in [6.45, 7) is 3.37. The third-order valence-corrected chi connectivity index (χ3v) is 4.09. The highest BCUT2D eigenvalue weighted by molar-refractivity contribution is 7.89. The molecule has 134 valence electrons. The lowest BCUT2D eigenvalue weighted by atomic mass is 10.2. The number of hydrogen-bond acceptors (Lipinski definition) is 6. The van der Waals surface area contributed by atoms with E-state index in [-0.39, 0.29) is 22.3 Å². The predicted octanol–water partition coefficient (Wildman–Crippen LogP) is 0.804. The van der Waals surface area contributed by atoms with E-state index >= 15 is 0 Å². The highest BCUT2D eigenvalue weighted by atomic mass is 32.2. The minimum atomic E-state index is -3.98. The molecule has 0 heterocycles. The first-order chi connectivity index (χ1) is 11.2. The van der Waals surface area contributed by atoms with Crippen molar-refractivity contribution in [2.45, 2.75) is 37.6 Å². The van der Waals surface area contributed by atoms with Crippen LogP contribution in [0.15, 0.2) is 23.1 Å². The Balaban J connectivity index is 2.82. The molecule has 0 aromatic heterocycles. The Morgan fingerprint density at radius 3 is 2.54 bits per heavy atom. The highest BCUT2D eigenvalue weighted by Crippen LogP contribution is 2.22. The standard InChI is InChI=1S/C15H22N2O6S/c1-4-5-10(2)17-14(18)9-23-15(19)12-8-11(24(16,20)21)6-7-13(12)22-3/h6-8,10H,4-5,9H2,1-3H3,(H,17,18)(H2,16,20,21)/t10-/m1/s1. The molecule has 0 aliphatic rings. The summed E-state index contributed by atoms with van der Waals surface area (Å²) in [5.74, 6) is -1.20. The Labute approximate surface area is 141 Å². The smallest absolute Gasteiger partial charge is 0.342 e. The fourth-order valence-electron chi connectivity index (χ4n) is 2.05. The summed E-state index contributed by atoms with van der Waals surface area (Å²) in [5.41, 5.74) is -0.126. The lowest BCUT2D eigenvalue weighted by molar-refractivity contribution is -0.124. The number of benzene rings is 1. The molecule has 24 heavy (non-hydrogen) atoms. The molecule has 1 atom stereocenters. The van der Waals surface area contributed by atoms with Crippen LogP contribution in [0.25, 0.3) is 0 Å². The summed E-state index contributed by atoms with van der Waals surface area (Å²) in [6, 6.07) is 3.53. The Bertz CT molecular complexity index is 702. The van der Waals surface area contributed by atoms with E-state index in [1.807, 2.05) is 13.8 Å². The van der Waals surface area contributed by atoms with Crippen molar-refractivity contribution >= 4 is 21.9 Å². The molecule has 1 amide bonds. The molecule has 1 aromatic rings. The Morgan fingerprint density at radius 2 is 2.00 bits per heavy atom. The van der Waals surface area contributed by atoms with Crippen molar-refractivity contribution in [2.24, 2.45) is 5.14 Å². The predicted molar refractivity (Wildman–Crippen MR) is 87.2 cm³/mol. The average Bonchev–Trinajstić information content (AvgIpc) is 2.51. The average molecular weight is 358 g/mol. The second kappa shape index (κ2) is 8.65. The number of amides is 1. The van der Waals surface area contributed by atoms with E-state index in [0.717, 1.165) is 18.9 Å². The van der Waals surface area contributed by atoms with Crippen LogP contribution in [-0.2, 0) is 19.6 Å². The summed E-state index contributed by atoms with van der Waals surface area (Å²) in [5, 5.41) is 7.73. The van der Waals surface area contributed by atoms with Crippen LogP contribution in [0.1, 0.15) is 37.0 Å². The first-order valence-electron chi connectivity index (χ1n) is 7.36. The third kappa shape index (κ3) is 5.82. The number of nitrogens with two attached hydrogens (primary N) is 1. The second-order valence-corrected chi connectivity index (χ2v) is 6.80. The maximum atomic E-state index is 12.1. The lowest BCUT2D eigenvalue weighted by Gasteiger charge is -2.13. The maximum absolute atomic E-state index is 12.1. The summed E-state index contributed by atoms with van der Waals surface area (Å²) >= 11 is 0. The van der Waals surface area contributed by atoms with Crippen molar-refractivity contribution in [2.75, 3.05) is 13.7 Å². The van der Waals surface area contributed by atoms with Crippen LogP contribution in [0.4, 0.5) is 0 Å². The Morgan fingerprint density at radius 1 is 1.33 bits per heavy atom. The van der Waals surface area contributed by atoms with Gasteiger partial charge in [-0.25, -0.2) is 18.4 Å². The van der Waals surface area contributed by atoms with Gasteiger partial charge >= 0.3 is 5.97 Å². The van der Waals surface area contributed by atoms with Gasteiger partial charge in [-0.1, -0.05) is 13.3 Å². The van der Waals surface area contributed by atoms with E-state index < -0.39 is 28.5 Å². The molecule has 3 N–H and O–H groups in total. The summed E-state index contributed by atoms with van der Waals surface area (Å²) in [4.78, 5) is 23.6. The Hall–Kier alpha value is -2.13. The number of nitrogens with one attached hydrogen (secondary N) is 1. The van der Waals surface area contributed by atoms with Gasteiger partial charge in [0.1, 0.15) is 11.3 Å². The van der Waals surface area contributed by atoms with Crippen LogP contribution in [-0.4, -0.2) is 40.1 Å². The second-order valence-electron chi connectivity index (χ2n) is 5.24. The molecule has 9 heteroatoms. The minimum Gasteiger partial charge on any atom is -0.496 e. The molecular formula is C15H22N2O6S. The Kier molecular flexibility index (Phi) is 7.18. The van der Waals surface area contributed by atoms with Gasteiger partial charge < -0.3 is 14.8 Å². The molecule has 8 nitrogen and oxygen atoms in total. The molecule has 0 saturated carbocycles. The summed E-state index contributed by atoms with van der Waals surface area (Å²) in [7, 11) is -2.66. The molecule has 1 aromatic carbocycles. The van der Waals surface area contributed by atoms with Crippen molar-refractivity contribution in [3.63, 3.8) is 0 Å². The van der Waals surface area contributed by atoms with Gasteiger partial charge in [0.2, 0.25) is 10.0 Å². The molecule has 0 bridgehead atoms. The van der Waals surface area contributed by atoms with Gasteiger partial charge in [-0.15, -0.1) is 0 Å². The number of carbonyl (C=O) groups excluding carboxylic acids is 2. The third-order valence-electron chi connectivity index (χ3n) is 3.18. The number of sulfonamides is 1. The maximum Gasteiger partial charge on any atom is 0.342 e. The summed E-state index contributed by atoms with van der Waals surface area (Å²) < 4.78 is 32.7. The quantitative estimate of drug-likeness (QED) is 0.662. The monoisotopic (exact) mass is 358 g/mol. The fraction of sp³-hybridized carbons (Fsp3) is 0.467. The number of esters is 1. The van der Waals surface area contributed by atoms with Crippen LogP contribution >= 0.6 is 0 Å². The van der Waals surface area contributed by atoms with Crippen molar-refractivity contribution in [1.29, 1.82) is 0 Å². The molecule has 0 unspecified atom stereocenters. The first kappa shape index (κ1) is 19.9. The lowest BCUT2D eigenvalue weighted by Crippen LogP contribution is -2.35. The molecular weight excluding hydrogens is 336 g/mol. The number of ether oxygens (including phenoxy) is 2. The number of carbonyl (C=O) groups is 2. The molecule has 0 saturated heterocycles. The highest BCUT2D eigenvalue weighted by Gasteiger charge is 2.19. The van der Waals surface area contributed by atoms with Crippen molar-refractivity contribution in [3.05, 3.63) is 23.8 Å². The fourth-order valence-corrected chi connectivity index (χ4v) is 2.59. The van der Waals surface area contributed by atoms with Crippen LogP contribution in [0.3, 0.4) is 0 Å². The van der Waals surface area contributed by atoms with Crippen molar-refractivity contribution in [3.8, 4) is 5.75 Å². The van der Waals surface area contributed by atoms with E-state index in [1.165, 1.54) is 19.2 Å². The molecule has 0 spiro atoms. The van der Waals surface area contributed by atoms with Gasteiger partial charge in [-0.2, -0.15) is 0 Å². The van der Waals surface area contributed by atoms with Crippen LogP contribution in [0.5, 0.6) is 5.75 Å². The molecule has 1 rings (SSSR count). The van der Waals surface area contributed by atoms with Crippen LogP contribution in [0.2, 0.25) is 0 Å². The van der Waals surface area contributed by atoms with Gasteiger partial charge in [-0.3, -0.25) is 4.79 Å². The zero-order valence-electron chi connectivity index (χ0n) is 13.9. The van der Waals surface area contributed by atoms with E-state index in [9.17, 15) is 18.0 Å². The van der Waals surface area contributed by atoms with E-state index in [4.69, 9.17) is 14.6 Å². The molecule has 0 aliphatic heterocycles. The van der Waals surface area contributed by atoms with Gasteiger partial charge in [0.05, 0.1) is 12.0 Å². The van der Waals surface area contributed by atoms with Gasteiger partial charge in [0.25, 0.3) is 5.91 Å². The number of methoxy groups -OCH3 is 1. The first-order valence-corrected chi connectivity index (χ1v) is 8.91. The zero-order valence-corrected chi connectivity index (χ0v) is 14.7. The van der Waals surface area contributed by atoms with Crippen LogP contribution < -0.4 is 15.2 Å². The van der Waals surface area contributed by atoms with Crippen LogP contribution in [0, 0.1) is 0 Å². The molecule has 0 aliphatic carbocycles. The molecule has 0 radical (unpaired) electrons. The summed E-state index contributed by atoms with van der Waals surface area (Å²) in [6.07, 6.45) is 1.72. The van der Waals surface area contributed by atoms with Gasteiger partial charge in [0.15, 0.2) is 6.61 Å². The van der Waals surface area contributed by atoms with E-state index in [0.29, 0.717) is 0 Å². The molecule has 0 fully saturated rings. The number of hydrogen-bond donors (Lipinski definition) is 2. The normalized spacial score (nSPS) is 12.3. The van der Waals surface area contributed by atoms with E-state index in [2.05, 4.69) is 5.32 Å². The minimum absolute atomic E-state index is 0.0264. The largest absolute Gasteiger partial charge is 0.496 e. The van der Waals surface area contributed by atoms with Crippen molar-refractivity contribution < 1.29 is 27.5 Å². The zero-order chi connectivity index (χ0) is 18.3. The topological polar surface area (TPSA) is 125 Å². The number of rotatable bonds is 8. The van der Waals surface area contributed by atoms with Gasteiger partial charge in [-0.05, 0) is 31.5 Å².